The van der Waals surface area contributed by atoms with Crippen LogP contribution in [0.1, 0.15) is 16.2 Å². The fourth-order valence-corrected chi connectivity index (χ4v) is 1.66. The van der Waals surface area contributed by atoms with E-state index in [1.54, 1.807) is 0 Å². The number of carbonyl (C=O) groups is 2. The summed E-state index contributed by atoms with van der Waals surface area (Å²) in [6.07, 6.45) is 0. The summed E-state index contributed by atoms with van der Waals surface area (Å²) < 4.78 is 5.61. The number of amides is 1. The Balaban J connectivity index is 2.69. The molecule has 1 amide bonds. The zero-order chi connectivity index (χ0) is 15.0. The van der Waals surface area contributed by atoms with Gasteiger partial charge in [-0.15, -0.1) is 0 Å². The molecule has 0 unspecified atom stereocenters. The second-order valence-electron chi connectivity index (χ2n) is 4.37. The smallest absolute Gasteiger partial charge is 0.357 e. The number of nitrogens with zero attached hydrogens (tertiary/aromatic N) is 4. The quantitative estimate of drug-likeness (QED) is 0.803. The Morgan fingerprint density at radius 2 is 2.05 bits per heavy atom. The van der Waals surface area contributed by atoms with Crippen molar-refractivity contribution in [1.29, 1.82) is 0 Å². The van der Waals surface area contributed by atoms with E-state index in [1.807, 2.05) is 0 Å². The van der Waals surface area contributed by atoms with Gasteiger partial charge in [-0.2, -0.15) is 5.10 Å². The summed E-state index contributed by atoms with van der Waals surface area (Å²) in [6.45, 7) is 1.12. The van der Waals surface area contributed by atoms with Crippen LogP contribution >= 0.6 is 0 Å². The number of carboxylic acids is 1. The fraction of sp³-hybridized carbons (Fsp3) is 0.364. The van der Waals surface area contributed by atoms with Gasteiger partial charge in [-0.25, -0.2) is 9.48 Å². The normalized spacial score (nSPS) is 10.8. The number of rotatable bonds is 3. The maximum atomic E-state index is 12.1. The molecular formula is C11H12N4O5. The van der Waals surface area contributed by atoms with Crippen molar-refractivity contribution < 1.29 is 19.2 Å². The van der Waals surface area contributed by atoms with E-state index in [0.29, 0.717) is 0 Å². The van der Waals surface area contributed by atoms with Crippen LogP contribution in [0.4, 0.5) is 0 Å². The lowest BCUT2D eigenvalue weighted by molar-refractivity contribution is -0.129. The summed E-state index contributed by atoms with van der Waals surface area (Å²) in [5, 5.41) is 16.4. The van der Waals surface area contributed by atoms with E-state index in [-0.39, 0.29) is 28.9 Å². The molecule has 0 saturated carbocycles. The molecule has 0 aliphatic carbocycles. The van der Waals surface area contributed by atoms with Crippen LogP contribution < -0.4 is 5.56 Å². The number of carboxylic acid groups (broad SMARTS) is 1. The lowest BCUT2D eigenvalue weighted by Gasteiger charge is -2.11. The largest absolute Gasteiger partial charge is 0.476 e. The first-order valence-corrected chi connectivity index (χ1v) is 5.63. The number of hydrogen-bond donors (Lipinski definition) is 1. The molecule has 20 heavy (non-hydrogen) atoms. The molecule has 2 aromatic heterocycles. The molecular weight excluding hydrogens is 268 g/mol. The monoisotopic (exact) mass is 280 g/mol. The van der Waals surface area contributed by atoms with Gasteiger partial charge in [-0.05, 0) is 6.92 Å². The zero-order valence-electron chi connectivity index (χ0n) is 11.1. The van der Waals surface area contributed by atoms with Gasteiger partial charge in [-0.1, -0.05) is 5.16 Å². The summed E-state index contributed by atoms with van der Waals surface area (Å²) >= 11 is 0. The van der Waals surface area contributed by atoms with Gasteiger partial charge in [0.05, 0.1) is 5.39 Å². The number of aromatic nitrogens is 3. The molecule has 0 saturated heterocycles. The third-order valence-corrected chi connectivity index (χ3v) is 2.74. The number of fused-ring (bicyclic) bond motifs is 1. The molecule has 0 fully saturated rings. The first kappa shape index (κ1) is 13.7. The third kappa shape index (κ3) is 2.13. The number of hydrogen-bond acceptors (Lipinski definition) is 6. The van der Waals surface area contributed by atoms with Crippen LogP contribution in [0.15, 0.2) is 9.32 Å². The van der Waals surface area contributed by atoms with Crippen LogP contribution in [-0.4, -0.2) is 50.9 Å². The molecule has 0 atom stereocenters. The van der Waals surface area contributed by atoms with Crippen molar-refractivity contribution in [3.63, 3.8) is 0 Å². The number of aromatic carboxylic acids is 1. The van der Waals surface area contributed by atoms with Crippen molar-refractivity contribution in [1.82, 2.24) is 19.8 Å². The van der Waals surface area contributed by atoms with Gasteiger partial charge in [0.2, 0.25) is 5.91 Å². The Labute approximate surface area is 112 Å². The molecule has 0 aliphatic heterocycles. The van der Waals surface area contributed by atoms with Crippen molar-refractivity contribution >= 4 is 22.8 Å². The topological polar surface area (TPSA) is 119 Å². The Kier molecular flexibility index (Phi) is 3.26. The lowest BCUT2D eigenvalue weighted by atomic mass is 10.2. The predicted octanol–water partition coefficient (Wildman–Crippen LogP) is -0.521. The zero-order valence-corrected chi connectivity index (χ0v) is 11.1. The van der Waals surface area contributed by atoms with E-state index < -0.39 is 17.4 Å². The Morgan fingerprint density at radius 3 is 2.60 bits per heavy atom. The van der Waals surface area contributed by atoms with Gasteiger partial charge < -0.3 is 14.5 Å². The Morgan fingerprint density at radius 1 is 1.40 bits per heavy atom. The van der Waals surface area contributed by atoms with Crippen LogP contribution in [0.3, 0.4) is 0 Å². The highest BCUT2D eigenvalue weighted by atomic mass is 16.5. The molecule has 0 bridgehead atoms. The first-order chi connectivity index (χ1) is 9.32. The molecule has 0 aliphatic rings. The van der Waals surface area contributed by atoms with Crippen LogP contribution in [0.5, 0.6) is 0 Å². The number of likely N-dealkylation sites (N-methyl/N-ethyl adjacent to an activating group) is 1. The highest BCUT2D eigenvalue weighted by Crippen LogP contribution is 2.17. The second kappa shape index (κ2) is 4.76. The molecule has 0 aromatic carbocycles. The van der Waals surface area contributed by atoms with E-state index in [1.165, 1.54) is 25.9 Å². The van der Waals surface area contributed by atoms with Gasteiger partial charge in [0.15, 0.2) is 11.2 Å². The minimum Gasteiger partial charge on any atom is -0.476 e. The van der Waals surface area contributed by atoms with Crippen molar-refractivity contribution in [3.8, 4) is 0 Å². The predicted molar refractivity (Wildman–Crippen MR) is 66.5 cm³/mol. The average molecular weight is 280 g/mol. The van der Waals surface area contributed by atoms with Crippen molar-refractivity contribution in [2.75, 3.05) is 14.1 Å². The molecule has 0 radical (unpaired) electrons. The summed E-state index contributed by atoms with van der Waals surface area (Å²) in [5.41, 5.74) is -1.19. The molecule has 2 aromatic rings. The summed E-state index contributed by atoms with van der Waals surface area (Å²) in [5.74, 6) is -1.53. The standard InChI is InChI=1S/C11H12N4O5/c1-5-7-8(13-20-5)10(17)15(4-6(16)14(2)3)12-9(7)11(18)19/h4H2,1-3H3,(H,18,19). The van der Waals surface area contributed by atoms with Crippen molar-refractivity contribution in [3.05, 3.63) is 21.8 Å². The molecule has 0 spiro atoms. The average Bonchev–Trinajstić information content (AvgIpc) is 2.75. The van der Waals surface area contributed by atoms with E-state index in [2.05, 4.69) is 10.3 Å². The Hall–Kier alpha value is -2.71. The molecule has 2 rings (SSSR count). The van der Waals surface area contributed by atoms with Crippen LogP contribution in [0.25, 0.3) is 10.9 Å². The van der Waals surface area contributed by atoms with E-state index in [0.717, 1.165) is 4.68 Å². The molecule has 2 heterocycles. The van der Waals surface area contributed by atoms with Gasteiger partial charge in [0.25, 0.3) is 5.56 Å². The van der Waals surface area contributed by atoms with Gasteiger partial charge in [0.1, 0.15) is 12.3 Å². The van der Waals surface area contributed by atoms with E-state index >= 15 is 0 Å². The lowest BCUT2D eigenvalue weighted by Crippen LogP contribution is -2.34. The Bertz CT molecular complexity index is 758. The summed E-state index contributed by atoms with van der Waals surface area (Å²) in [7, 11) is 3.04. The highest BCUT2D eigenvalue weighted by Gasteiger charge is 2.22. The number of aryl methyl sites for hydroxylation is 1. The molecule has 9 heteroatoms. The van der Waals surface area contributed by atoms with Gasteiger partial charge in [0, 0.05) is 14.1 Å². The second-order valence-corrected chi connectivity index (χ2v) is 4.37. The van der Waals surface area contributed by atoms with Crippen molar-refractivity contribution in [2.45, 2.75) is 13.5 Å². The SMILES string of the molecule is Cc1onc2c(=O)n(CC(=O)N(C)C)nc(C(=O)O)c12. The maximum Gasteiger partial charge on any atom is 0.357 e. The van der Waals surface area contributed by atoms with Crippen LogP contribution in [-0.2, 0) is 11.3 Å². The third-order valence-electron chi connectivity index (χ3n) is 2.74. The van der Waals surface area contributed by atoms with Crippen LogP contribution in [0.2, 0.25) is 0 Å². The van der Waals surface area contributed by atoms with Gasteiger partial charge >= 0.3 is 5.97 Å². The van der Waals surface area contributed by atoms with Crippen molar-refractivity contribution in [2.24, 2.45) is 0 Å². The molecule has 9 nitrogen and oxygen atoms in total. The van der Waals surface area contributed by atoms with E-state index in [9.17, 15) is 14.4 Å². The van der Waals surface area contributed by atoms with E-state index in [4.69, 9.17) is 9.63 Å². The molecule has 106 valence electrons. The summed E-state index contributed by atoms with van der Waals surface area (Å²) in [4.78, 5) is 36.2. The summed E-state index contributed by atoms with van der Waals surface area (Å²) in [6, 6.07) is 0. The maximum absolute atomic E-state index is 12.1. The number of carbonyl (C=O) groups excluding carboxylic acids is 1. The highest BCUT2D eigenvalue weighted by molar-refractivity contribution is 6.00. The minimum atomic E-state index is -1.33. The fourth-order valence-electron chi connectivity index (χ4n) is 1.66. The first-order valence-electron chi connectivity index (χ1n) is 5.63. The van der Waals surface area contributed by atoms with Gasteiger partial charge in [-0.3, -0.25) is 9.59 Å². The van der Waals surface area contributed by atoms with Crippen LogP contribution in [0, 0.1) is 6.92 Å². The molecule has 1 N–H and O–H groups in total. The minimum absolute atomic E-state index is 0.0519.